The molecule has 3 aromatic carbocycles. The molecule has 2 N–H and O–H groups in total. The molecule has 3 rings (SSSR count). The number of amides is 1. The largest absolute Gasteiger partial charge is 0.322 e. The average molecular weight is 445 g/mol. The summed E-state index contributed by atoms with van der Waals surface area (Å²) in [4.78, 5) is 12.8. The van der Waals surface area contributed by atoms with Crippen LogP contribution in [0.1, 0.15) is 15.9 Å². The Kier molecular flexibility index (Phi) is 5.62. The van der Waals surface area contributed by atoms with Gasteiger partial charge >= 0.3 is 0 Å². The maximum Gasteiger partial charge on any atom is 0.263 e. The Morgan fingerprint density at radius 2 is 1.63 bits per heavy atom. The molecule has 3 aromatic rings. The molecule has 0 bridgehead atoms. The summed E-state index contributed by atoms with van der Waals surface area (Å²) in [7, 11) is -3.86. The molecule has 0 radical (unpaired) electrons. The van der Waals surface area contributed by atoms with Crippen LogP contribution in [-0.4, -0.2) is 14.3 Å². The van der Waals surface area contributed by atoms with Crippen molar-refractivity contribution in [2.75, 3.05) is 10.0 Å². The third-order valence-electron chi connectivity index (χ3n) is 3.82. The second-order valence-electron chi connectivity index (χ2n) is 5.91. The van der Waals surface area contributed by atoms with Crippen LogP contribution >= 0.6 is 15.9 Å². The number of nitrogens with one attached hydrogen (secondary N) is 2. The van der Waals surface area contributed by atoms with E-state index in [1.165, 1.54) is 6.07 Å². The third-order valence-corrected chi connectivity index (χ3v) is 6.20. The van der Waals surface area contributed by atoms with Gasteiger partial charge in [0.15, 0.2) is 0 Å². The fourth-order valence-corrected chi connectivity index (χ4v) is 4.64. The first-order valence-electron chi connectivity index (χ1n) is 8.11. The molecular formula is C20H17BrN2O3S. The van der Waals surface area contributed by atoms with Gasteiger partial charge in [0.25, 0.3) is 15.9 Å². The normalized spacial score (nSPS) is 11.0. The Bertz CT molecular complexity index is 1100. The first kappa shape index (κ1) is 19.1. The summed E-state index contributed by atoms with van der Waals surface area (Å²) in [6.45, 7) is 1.93. The van der Waals surface area contributed by atoms with Crippen molar-refractivity contribution in [3.05, 3.63) is 88.4 Å². The zero-order valence-corrected chi connectivity index (χ0v) is 16.8. The van der Waals surface area contributed by atoms with Gasteiger partial charge in [0, 0.05) is 10.2 Å². The molecule has 138 valence electrons. The highest BCUT2D eigenvalue weighted by Gasteiger charge is 2.20. The predicted octanol–water partition coefficient (Wildman–Crippen LogP) is 4.81. The number of para-hydroxylation sites is 1. The van der Waals surface area contributed by atoms with Gasteiger partial charge in [-0.3, -0.25) is 9.52 Å². The number of benzene rings is 3. The highest BCUT2D eigenvalue weighted by Crippen LogP contribution is 2.26. The van der Waals surface area contributed by atoms with Gasteiger partial charge < -0.3 is 5.32 Å². The monoisotopic (exact) mass is 444 g/mol. The van der Waals surface area contributed by atoms with Crippen molar-refractivity contribution in [1.82, 2.24) is 0 Å². The van der Waals surface area contributed by atoms with E-state index in [-0.39, 0.29) is 16.1 Å². The maximum absolute atomic E-state index is 12.7. The van der Waals surface area contributed by atoms with Crippen LogP contribution < -0.4 is 10.0 Å². The van der Waals surface area contributed by atoms with Crippen molar-refractivity contribution in [3.8, 4) is 0 Å². The molecule has 0 saturated heterocycles. The van der Waals surface area contributed by atoms with Gasteiger partial charge in [-0.15, -0.1) is 0 Å². The number of anilines is 2. The van der Waals surface area contributed by atoms with E-state index in [9.17, 15) is 13.2 Å². The van der Waals surface area contributed by atoms with E-state index in [1.807, 2.05) is 25.1 Å². The molecule has 0 aliphatic heterocycles. The Morgan fingerprint density at radius 3 is 2.37 bits per heavy atom. The van der Waals surface area contributed by atoms with E-state index in [2.05, 4.69) is 26.0 Å². The summed E-state index contributed by atoms with van der Waals surface area (Å²) in [6.07, 6.45) is 0. The Labute approximate surface area is 166 Å². The zero-order valence-electron chi connectivity index (χ0n) is 14.4. The van der Waals surface area contributed by atoms with Crippen LogP contribution in [0, 0.1) is 6.92 Å². The van der Waals surface area contributed by atoms with E-state index >= 15 is 0 Å². The SMILES string of the molecule is Cc1cccc(NC(=O)c2ccccc2NS(=O)(=O)c2ccccc2Br)c1. The van der Waals surface area contributed by atoms with Gasteiger partial charge in [-0.2, -0.15) is 0 Å². The van der Waals surface area contributed by atoms with Crippen LogP contribution in [0.2, 0.25) is 0 Å². The number of aryl methyl sites for hydroxylation is 1. The number of carbonyl (C=O) groups is 1. The standard InChI is InChI=1S/C20H17BrN2O3S/c1-14-7-6-8-15(13-14)22-20(24)16-9-2-4-11-18(16)23-27(25,26)19-12-5-3-10-17(19)21/h2-13,23H,1H3,(H,22,24). The molecule has 1 amide bonds. The van der Waals surface area contributed by atoms with E-state index in [4.69, 9.17) is 0 Å². The molecule has 0 aliphatic rings. The first-order valence-corrected chi connectivity index (χ1v) is 10.4. The fourth-order valence-electron chi connectivity index (χ4n) is 2.55. The molecule has 0 aliphatic carbocycles. The molecule has 0 atom stereocenters. The van der Waals surface area contributed by atoms with Crippen molar-refractivity contribution in [2.24, 2.45) is 0 Å². The van der Waals surface area contributed by atoms with Gasteiger partial charge in [-0.25, -0.2) is 8.42 Å². The summed E-state index contributed by atoms with van der Waals surface area (Å²) in [5, 5.41) is 2.79. The minimum atomic E-state index is -3.86. The van der Waals surface area contributed by atoms with E-state index in [1.54, 1.807) is 48.5 Å². The molecular weight excluding hydrogens is 428 g/mol. The average Bonchev–Trinajstić information content (AvgIpc) is 2.62. The lowest BCUT2D eigenvalue weighted by atomic mass is 10.1. The molecule has 0 spiro atoms. The smallest absolute Gasteiger partial charge is 0.263 e. The van der Waals surface area contributed by atoms with Crippen molar-refractivity contribution in [2.45, 2.75) is 11.8 Å². The number of hydrogen-bond acceptors (Lipinski definition) is 3. The summed E-state index contributed by atoms with van der Waals surface area (Å²) < 4.78 is 28.4. The van der Waals surface area contributed by atoms with Crippen LogP contribution in [0.4, 0.5) is 11.4 Å². The molecule has 5 nitrogen and oxygen atoms in total. The first-order chi connectivity index (χ1) is 12.9. The molecule has 0 aromatic heterocycles. The molecule has 0 fully saturated rings. The van der Waals surface area contributed by atoms with Gasteiger partial charge in [-0.1, -0.05) is 36.4 Å². The fraction of sp³-hybridized carbons (Fsp3) is 0.0500. The lowest BCUT2D eigenvalue weighted by molar-refractivity contribution is 0.102. The van der Waals surface area contributed by atoms with Gasteiger partial charge in [0.1, 0.15) is 4.90 Å². The molecule has 27 heavy (non-hydrogen) atoms. The van der Waals surface area contributed by atoms with Crippen molar-refractivity contribution in [3.63, 3.8) is 0 Å². The molecule has 0 unspecified atom stereocenters. The lowest BCUT2D eigenvalue weighted by Crippen LogP contribution is -2.19. The number of hydrogen-bond donors (Lipinski definition) is 2. The van der Waals surface area contributed by atoms with Gasteiger partial charge in [0.2, 0.25) is 0 Å². The number of halogens is 1. The van der Waals surface area contributed by atoms with Crippen LogP contribution in [0.5, 0.6) is 0 Å². The minimum absolute atomic E-state index is 0.0962. The topological polar surface area (TPSA) is 75.3 Å². The maximum atomic E-state index is 12.7. The summed E-state index contributed by atoms with van der Waals surface area (Å²) >= 11 is 3.25. The highest BCUT2D eigenvalue weighted by molar-refractivity contribution is 9.10. The van der Waals surface area contributed by atoms with Crippen LogP contribution in [-0.2, 0) is 10.0 Å². The second-order valence-corrected chi connectivity index (χ2v) is 8.41. The summed E-state index contributed by atoms with van der Waals surface area (Å²) in [5.41, 5.74) is 2.09. The zero-order chi connectivity index (χ0) is 19.4. The van der Waals surface area contributed by atoms with Gasteiger partial charge in [0.05, 0.1) is 11.3 Å². The highest BCUT2D eigenvalue weighted by atomic mass is 79.9. The second kappa shape index (κ2) is 7.94. The molecule has 7 heteroatoms. The Morgan fingerprint density at radius 1 is 0.926 bits per heavy atom. The van der Waals surface area contributed by atoms with Crippen molar-refractivity contribution >= 4 is 43.2 Å². The molecule has 0 saturated carbocycles. The van der Waals surface area contributed by atoms with E-state index < -0.39 is 15.9 Å². The number of sulfonamides is 1. The van der Waals surface area contributed by atoms with Crippen molar-refractivity contribution in [1.29, 1.82) is 0 Å². The Balaban J connectivity index is 1.90. The van der Waals surface area contributed by atoms with Gasteiger partial charge in [-0.05, 0) is 64.8 Å². The van der Waals surface area contributed by atoms with E-state index in [0.29, 0.717) is 10.2 Å². The predicted molar refractivity (Wildman–Crippen MR) is 111 cm³/mol. The quantitative estimate of drug-likeness (QED) is 0.592. The molecule has 0 heterocycles. The minimum Gasteiger partial charge on any atom is -0.322 e. The lowest BCUT2D eigenvalue weighted by Gasteiger charge is -2.13. The van der Waals surface area contributed by atoms with Crippen LogP contribution in [0.15, 0.2) is 82.2 Å². The van der Waals surface area contributed by atoms with Crippen molar-refractivity contribution < 1.29 is 13.2 Å². The summed E-state index contributed by atoms with van der Waals surface area (Å²) in [6, 6.07) is 20.4. The summed E-state index contributed by atoms with van der Waals surface area (Å²) in [5.74, 6) is -0.397. The Hall–Kier alpha value is -2.64. The third kappa shape index (κ3) is 4.56. The van der Waals surface area contributed by atoms with Crippen LogP contribution in [0.3, 0.4) is 0 Å². The van der Waals surface area contributed by atoms with Crippen LogP contribution in [0.25, 0.3) is 0 Å². The number of carbonyl (C=O) groups excluding carboxylic acids is 1. The number of rotatable bonds is 5. The van der Waals surface area contributed by atoms with E-state index in [0.717, 1.165) is 5.56 Å².